The van der Waals surface area contributed by atoms with Crippen LogP contribution in [0.5, 0.6) is 0 Å². The lowest BCUT2D eigenvalue weighted by Gasteiger charge is -2.06. The number of ketones is 1. The normalized spacial score (nSPS) is 10.6. The van der Waals surface area contributed by atoms with Crippen LogP contribution in [0.3, 0.4) is 0 Å². The number of rotatable bonds is 6. The zero-order valence-corrected chi connectivity index (χ0v) is 14.9. The minimum absolute atomic E-state index is 0.0994. The van der Waals surface area contributed by atoms with Gasteiger partial charge >= 0.3 is 5.97 Å². The van der Waals surface area contributed by atoms with Gasteiger partial charge in [-0.1, -0.05) is 24.3 Å². The first kappa shape index (κ1) is 17.1. The Balaban J connectivity index is 1.67. The van der Waals surface area contributed by atoms with Crippen molar-refractivity contribution in [3.63, 3.8) is 0 Å². The van der Waals surface area contributed by atoms with Crippen LogP contribution in [0.2, 0.25) is 0 Å². The highest BCUT2D eigenvalue weighted by Gasteiger charge is 2.18. The van der Waals surface area contributed by atoms with Crippen LogP contribution in [-0.2, 0) is 16.0 Å². The Morgan fingerprint density at radius 2 is 1.88 bits per heavy atom. The minimum Gasteiger partial charge on any atom is -0.457 e. The summed E-state index contributed by atoms with van der Waals surface area (Å²) in [7, 11) is 0. The molecule has 2 heterocycles. The number of aryl methyl sites for hydroxylation is 1. The number of Topliss-reactive ketones (excluding diaryl/α,β-unsaturated/α-hetero) is 1. The molecule has 0 fully saturated rings. The fourth-order valence-corrected chi connectivity index (χ4v) is 3.25. The van der Waals surface area contributed by atoms with Gasteiger partial charge in [0.15, 0.2) is 6.61 Å². The standard InChI is InChI=1S/C19H18N2O3S/c1-13-16(14(2)21(20-13)15-7-4-3-5-8-15)11-19(23)24-12-17(22)18-9-6-10-25-18/h3-10H,11-12H2,1-2H3. The van der Waals surface area contributed by atoms with Crippen LogP contribution in [-0.4, -0.2) is 28.1 Å². The Kier molecular flexibility index (Phi) is 5.09. The molecule has 0 spiro atoms. The van der Waals surface area contributed by atoms with Crippen LogP contribution in [0.4, 0.5) is 0 Å². The average molecular weight is 354 g/mol. The molecule has 3 aromatic rings. The monoisotopic (exact) mass is 354 g/mol. The van der Waals surface area contributed by atoms with E-state index in [1.807, 2.05) is 54.2 Å². The molecule has 6 heteroatoms. The molecular formula is C19H18N2O3S. The third kappa shape index (κ3) is 3.85. The van der Waals surface area contributed by atoms with Gasteiger partial charge in [0.1, 0.15) is 0 Å². The molecule has 0 radical (unpaired) electrons. The van der Waals surface area contributed by atoms with Gasteiger partial charge in [-0.25, -0.2) is 4.68 Å². The molecule has 2 aromatic heterocycles. The van der Waals surface area contributed by atoms with E-state index in [2.05, 4.69) is 5.10 Å². The summed E-state index contributed by atoms with van der Waals surface area (Å²) >= 11 is 1.34. The van der Waals surface area contributed by atoms with E-state index < -0.39 is 5.97 Å². The van der Waals surface area contributed by atoms with Gasteiger partial charge in [0.05, 0.1) is 22.7 Å². The Hall–Kier alpha value is -2.73. The van der Waals surface area contributed by atoms with E-state index in [1.165, 1.54) is 11.3 Å². The lowest BCUT2D eigenvalue weighted by molar-refractivity contribution is -0.141. The molecule has 0 aliphatic rings. The lowest BCUT2D eigenvalue weighted by Crippen LogP contribution is -2.15. The molecule has 0 amide bonds. The van der Waals surface area contributed by atoms with Gasteiger partial charge in [-0.2, -0.15) is 5.10 Å². The van der Waals surface area contributed by atoms with E-state index in [1.54, 1.807) is 12.1 Å². The van der Waals surface area contributed by atoms with Gasteiger partial charge in [-0.05, 0) is 37.4 Å². The van der Waals surface area contributed by atoms with Crippen LogP contribution < -0.4 is 0 Å². The van der Waals surface area contributed by atoms with Crippen molar-refractivity contribution < 1.29 is 14.3 Å². The molecule has 0 saturated carbocycles. The van der Waals surface area contributed by atoms with Gasteiger partial charge in [0, 0.05) is 11.3 Å². The van der Waals surface area contributed by atoms with E-state index in [-0.39, 0.29) is 18.8 Å². The maximum atomic E-state index is 12.1. The van der Waals surface area contributed by atoms with Crippen LogP contribution in [0.15, 0.2) is 47.8 Å². The van der Waals surface area contributed by atoms with Crippen molar-refractivity contribution in [2.24, 2.45) is 0 Å². The highest BCUT2D eigenvalue weighted by Crippen LogP contribution is 2.19. The third-order valence-electron chi connectivity index (χ3n) is 3.92. The summed E-state index contributed by atoms with van der Waals surface area (Å²) in [5.41, 5.74) is 3.45. The van der Waals surface area contributed by atoms with Crippen LogP contribution in [0, 0.1) is 13.8 Å². The summed E-state index contributed by atoms with van der Waals surface area (Å²) < 4.78 is 6.95. The van der Waals surface area contributed by atoms with Crippen LogP contribution in [0.1, 0.15) is 26.6 Å². The number of nitrogens with zero attached hydrogens (tertiary/aromatic N) is 2. The highest BCUT2D eigenvalue weighted by molar-refractivity contribution is 7.12. The second-order valence-electron chi connectivity index (χ2n) is 5.63. The Labute approximate surface area is 149 Å². The van der Waals surface area contributed by atoms with Gasteiger partial charge in [-0.15, -0.1) is 11.3 Å². The molecular weight excluding hydrogens is 336 g/mol. The fourth-order valence-electron chi connectivity index (χ4n) is 2.60. The second-order valence-corrected chi connectivity index (χ2v) is 6.58. The first-order chi connectivity index (χ1) is 12.1. The summed E-state index contributed by atoms with van der Waals surface area (Å²) in [6.45, 7) is 3.56. The largest absolute Gasteiger partial charge is 0.457 e. The van der Waals surface area contributed by atoms with E-state index in [0.29, 0.717) is 4.88 Å². The zero-order chi connectivity index (χ0) is 17.8. The van der Waals surface area contributed by atoms with Gasteiger partial charge < -0.3 is 4.74 Å². The van der Waals surface area contributed by atoms with E-state index in [0.717, 1.165) is 22.6 Å². The number of esters is 1. The molecule has 0 atom stereocenters. The maximum absolute atomic E-state index is 12.1. The van der Waals surface area contributed by atoms with E-state index in [9.17, 15) is 9.59 Å². The van der Waals surface area contributed by atoms with Gasteiger partial charge in [-0.3, -0.25) is 9.59 Å². The highest BCUT2D eigenvalue weighted by atomic mass is 32.1. The zero-order valence-electron chi connectivity index (χ0n) is 14.1. The summed E-state index contributed by atoms with van der Waals surface area (Å²) in [4.78, 5) is 24.6. The predicted molar refractivity (Wildman–Crippen MR) is 96.4 cm³/mol. The molecule has 0 N–H and O–H groups in total. The molecule has 128 valence electrons. The molecule has 3 rings (SSSR count). The maximum Gasteiger partial charge on any atom is 0.310 e. The fraction of sp³-hybridized carbons (Fsp3) is 0.211. The Morgan fingerprint density at radius 1 is 1.12 bits per heavy atom. The van der Waals surface area contributed by atoms with Crippen molar-refractivity contribution in [1.29, 1.82) is 0 Å². The van der Waals surface area contributed by atoms with Crippen molar-refractivity contribution in [2.75, 3.05) is 6.61 Å². The van der Waals surface area contributed by atoms with Crippen molar-refractivity contribution in [3.05, 3.63) is 69.7 Å². The molecule has 25 heavy (non-hydrogen) atoms. The summed E-state index contributed by atoms with van der Waals surface area (Å²) in [5, 5.41) is 6.33. The number of para-hydroxylation sites is 1. The molecule has 0 unspecified atom stereocenters. The minimum atomic E-state index is -0.427. The van der Waals surface area contributed by atoms with Crippen molar-refractivity contribution in [2.45, 2.75) is 20.3 Å². The number of carbonyl (C=O) groups excluding carboxylic acids is 2. The Morgan fingerprint density at radius 3 is 2.56 bits per heavy atom. The summed E-state index contributed by atoms with van der Waals surface area (Å²) in [5.74, 6) is -0.611. The molecule has 0 aliphatic carbocycles. The molecule has 0 aliphatic heterocycles. The van der Waals surface area contributed by atoms with Crippen LogP contribution in [0.25, 0.3) is 5.69 Å². The number of thiophene rings is 1. The topological polar surface area (TPSA) is 61.2 Å². The van der Waals surface area contributed by atoms with Crippen molar-refractivity contribution in [1.82, 2.24) is 9.78 Å². The first-order valence-corrected chi connectivity index (χ1v) is 8.77. The number of hydrogen-bond acceptors (Lipinski definition) is 5. The number of benzene rings is 1. The quantitative estimate of drug-likeness (QED) is 0.502. The van der Waals surface area contributed by atoms with Gasteiger partial charge in [0.25, 0.3) is 0 Å². The number of carbonyl (C=O) groups is 2. The van der Waals surface area contributed by atoms with Gasteiger partial charge in [0.2, 0.25) is 5.78 Å². The number of ether oxygens (including phenoxy) is 1. The molecule has 5 nitrogen and oxygen atoms in total. The predicted octanol–water partition coefficient (Wildman–Crippen LogP) is 3.52. The lowest BCUT2D eigenvalue weighted by atomic mass is 10.1. The molecule has 0 bridgehead atoms. The van der Waals surface area contributed by atoms with Crippen molar-refractivity contribution >= 4 is 23.1 Å². The summed E-state index contributed by atoms with van der Waals surface area (Å²) in [6.07, 6.45) is 0.0994. The SMILES string of the molecule is Cc1nn(-c2ccccc2)c(C)c1CC(=O)OCC(=O)c1cccs1. The first-order valence-electron chi connectivity index (χ1n) is 7.89. The van der Waals surface area contributed by atoms with E-state index in [4.69, 9.17) is 4.74 Å². The second kappa shape index (κ2) is 7.44. The van der Waals surface area contributed by atoms with Crippen LogP contribution >= 0.6 is 11.3 Å². The number of aromatic nitrogens is 2. The average Bonchev–Trinajstić information content (AvgIpc) is 3.25. The molecule has 1 aromatic carbocycles. The molecule has 0 saturated heterocycles. The third-order valence-corrected chi connectivity index (χ3v) is 4.83. The Bertz CT molecular complexity index is 883. The number of hydrogen-bond donors (Lipinski definition) is 0. The van der Waals surface area contributed by atoms with Crippen molar-refractivity contribution in [3.8, 4) is 5.69 Å². The smallest absolute Gasteiger partial charge is 0.310 e. The van der Waals surface area contributed by atoms with E-state index >= 15 is 0 Å². The summed E-state index contributed by atoms with van der Waals surface area (Å²) in [6, 6.07) is 13.3.